The maximum Gasteiger partial charge on any atom is 0.176 e. The zero-order chi connectivity index (χ0) is 14.4. The molecule has 0 aliphatic heterocycles. The van der Waals surface area contributed by atoms with E-state index in [-0.39, 0.29) is 5.78 Å². The Morgan fingerprint density at radius 3 is 2.30 bits per heavy atom. The molecular weight excluding hydrogens is 246 g/mol. The molecule has 0 N–H and O–H groups in total. The number of carbonyl (C=O) groups is 1. The van der Waals surface area contributed by atoms with Gasteiger partial charge < -0.3 is 0 Å². The molecule has 110 valence electrons. The fourth-order valence-corrected chi connectivity index (χ4v) is 3.15. The summed E-state index contributed by atoms with van der Waals surface area (Å²) in [6.45, 7) is 5.86. The van der Waals surface area contributed by atoms with Crippen LogP contribution in [0.25, 0.3) is 0 Å². The predicted octanol–water partition coefficient (Wildman–Crippen LogP) is 4.09. The fourth-order valence-electron chi connectivity index (χ4n) is 3.15. The van der Waals surface area contributed by atoms with E-state index in [1.807, 2.05) is 12.1 Å². The minimum atomic E-state index is 0.264. The maximum atomic E-state index is 12.4. The molecule has 2 nitrogen and oxygen atoms in total. The van der Waals surface area contributed by atoms with E-state index in [1.54, 1.807) is 0 Å². The number of nitrogens with zero attached hydrogens (tertiary/aromatic N) is 1. The smallest absolute Gasteiger partial charge is 0.176 e. The van der Waals surface area contributed by atoms with E-state index >= 15 is 0 Å². The van der Waals surface area contributed by atoms with Crippen LogP contribution < -0.4 is 0 Å². The topological polar surface area (TPSA) is 20.3 Å². The average Bonchev–Trinajstić information content (AvgIpc) is 2.53. The summed E-state index contributed by atoms with van der Waals surface area (Å²) in [7, 11) is 0. The van der Waals surface area contributed by atoms with Crippen LogP contribution in [0.1, 0.15) is 61.9 Å². The molecule has 0 heterocycles. The molecule has 2 rings (SSSR count). The number of benzene rings is 1. The third-order valence-electron chi connectivity index (χ3n) is 4.53. The first-order chi connectivity index (χ1) is 9.74. The Kier molecular flexibility index (Phi) is 5.78. The van der Waals surface area contributed by atoms with E-state index in [2.05, 4.69) is 30.9 Å². The lowest BCUT2D eigenvalue weighted by Crippen LogP contribution is -2.40. The van der Waals surface area contributed by atoms with Gasteiger partial charge in [-0.2, -0.15) is 0 Å². The van der Waals surface area contributed by atoms with Gasteiger partial charge >= 0.3 is 0 Å². The SMILES string of the molecule is CCc1ccc(C(=O)CN(CC)C2CCCCC2)cc1. The third kappa shape index (κ3) is 3.92. The molecule has 1 saturated carbocycles. The lowest BCUT2D eigenvalue weighted by molar-refractivity contribution is 0.0868. The van der Waals surface area contributed by atoms with Gasteiger partial charge in [0.1, 0.15) is 0 Å². The van der Waals surface area contributed by atoms with Crippen molar-refractivity contribution in [3.8, 4) is 0 Å². The van der Waals surface area contributed by atoms with Crippen LogP contribution in [-0.2, 0) is 6.42 Å². The highest BCUT2D eigenvalue weighted by Gasteiger charge is 2.22. The highest BCUT2D eigenvalue weighted by molar-refractivity contribution is 5.97. The largest absolute Gasteiger partial charge is 0.293 e. The maximum absolute atomic E-state index is 12.4. The van der Waals surface area contributed by atoms with Crippen LogP contribution in [0.15, 0.2) is 24.3 Å². The first-order valence-corrected chi connectivity index (χ1v) is 8.10. The van der Waals surface area contributed by atoms with Crippen molar-refractivity contribution in [2.45, 2.75) is 58.4 Å². The van der Waals surface area contributed by atoms with E-state index in [0.717, 1.165) is 18.5 Å². The number of likely N-dealkylation sites (N-methyl/N-ethyl adjacent to an activating group) is 1. The number of rotatable bonds is 6. The number of carbonyl (C=O) groups excluding carboxylic acids is 1. The zero-order valence-electron chi connectivity index (χ0n) is 12.9. The summed E-state index contributed by atoms with van der Waals surface area (Å²) < 4.78 is 0. The molecule has 1 aliphatic rings. The molecule has 1 aromatic carbocycles. The van der Waals surface area contributed by atoms with E-state index < -0.39 is 0 Å². The standard InChI is InChI=1S/C18H27NO/c1-3-15-10-12-16(13-11-15)18(20)14-19(4-2)17-8-6-5-7-9-17/h10-13,17H,3-9,14H2,1-2H3. The molecule has 0 saturated heterocycles. The summed E-state index contributed by atoms with van der Waals surface area (Å²) in [5.41, 5.74) is 2.15. The van der Waals surface area contributed by atoms with E-state index in [9.17, 15) is 4.79 Å². The van der Waals surface area contributed by atoms with Crippen molar-refractivity contribution < 1.29 is 4.79 Å². The van der Waals surface area contributed by atoms with Crippen LogP contribution in [-0.4, -0.2) is 29.8 Å². The van der Waals surface area contributed by atoms with Gasteiger partial charge in [0.05, 0.1) is 6.54 Å². The van der Waals surface area contributed by atoms with Crippen LogP contribution in [0.4, 0.5) is 0 Å². The molecule has 0 amide bonds. The molecule has 0 radical (unpaired) electrons. The van der Waals surface area contributed by atoms with Gasteiger partial charge in [0.25, 0.3) is 0 Å². The van der Waals surface area contributed by atoms with Crippen LogP contribution in [0.2, 0.25) is 0 Å². The summed E-state index contributed by atoms with van der Waals surface area (Å²) in [6, 6.07) is 8.73. The summed E-state index contributed by atoms with van der Waals surface area (Å²) in [5.74, 6) is 0.264. The van der Waals surface area contributed by atoms with E-state index in [4.69, 9.17) is 0 Å². The van der Waals surface area contributed by atoms with Crippen LogP contribution in [0, 0.1) is 0 Å². The number of hydrogen-bond acceptors (Lipinski definition) is 2. The zero-order valence-corrected chi connectivity index (χ0v) is 12.9. The summed E-state index contributed by atoms with van der Waals surface area (Å²) >= 11 is 0. The molecule has 0 bridgehead atoms. The molecule has 20 heavy (non-hydrogen) atoms. The fraction of sp³-hybridized carbons (Fsp3) is 0.611. The number of ketones is 1. The Bertz CT molecular complexity index is 418. The van der Waals surface area contributed by atoms with Crippen LogP contribution in [0.5, 0.6) is 0 Å². The second kappa shape index (κ2) is 7.58. The Morgan fingerprint density at radius 1 is 1.10 bits per heavy atom. The Morgan fingerprint density at radius 2 is 1.75 bits per heavy atom. The number of aryl methyl sites for hydroxylation is 1. The van der Waals surface area contributed by atoms with Gasteiger partial charge in [0.2, 0.25) is 0 Å². The highest BCUT2D eigenvalue weighted by Crippen LogP contribution is 2.22. The van der Waals surface area contributed by atoms with Gasteiger partial charge in [0, 0.05) is 11.6 Å². The molecule has 0 spiro atoms. The number of Topliss-reactive ketones (excluding diaryl/α,β-unsaturated/α-hetero) is 1. The van der Waals surface area contributed by atoms with Gasteiger partial charge in [-0.1, -0.05) is 57.4 Å². The monoisotopic (exact) mass is 273 g/mol. The first-order valence-electron chi connectivity index (χ1n) is 8.10. The molecule has 1 fully saturated rings. The van der Waals surface area contributed by atoms with Gasteiger partial charge in [-0.25, -0.2) is 0 Å². The van der Waals surface area contributed by atoms with Gasteiger partial charge in [0.15, 0.2) is 5.78 Å². The minimum absolute atomic E-state index is 0.264. The normalized spacial score (nSPS) is 16.6. The molecule has 0 atom stereocenters. The van der Waals surface area contributed by atoms with Crippen molar-refractivity contribution in [3.63, 3.8) is 0 Å². The van der Waals surface area contributed by atoms with Gasteiger partial charge in [-0.15, -0.1) is 0 Å². The van der Waals surface area contributed by atoms with Crippen molar-refractivity contribution in [1.82, 2.24) is 4.90 Å². The van der Waals surface area contributed by atoms with Crippen molar-refractivity contribution in [2.24, 2.45) is 0 Å². The van der Waals surface area contributed by atoms with Crippen LogP contribution in [0.3, 0.4) is 0 Å². The predicted molar refractivity (Wildman–Crippen MR) is 84.3 cm³/mol. The van der Waals surface area contributed by atoms with Crippen molar-refractivity contribution in [2.75, 3.05) is 13.1 Å². The molecule has 0 unspecified atom stereocenters. The quantitative estimate of drug-likeness (QED) is 0.728. The minimum Gasteiger partial charge on any atom is -0.293 e. The van der Waals surface area contributed by atoms with Gasteiger partial charge in [-0.05, 0) is 31.4 Å². The van der Waals surface area contributed by atoms with Crippen LogP contribution >= 0.6 is 0 Å². The second-order valence-corrected chi connectivity index (χ2v) is 5.83. The summed E-state index contributed by atoms with van der Waals surface area (Å²) in [5, 5.41) is 0. The number of hydrogen-bond donors (Lipinski definition) is 0. The molecule has 2 heteroatoms. The lowest BCUT2D eigenvalue weighted by atomic mass is 9.94. The molecular formula is C18H27NO. The first kappa shape index (κ1) is 15.2. The Balaban J connectivity index is 1.96. The summed E-state index contributed by atoms with van der Waals surface area (Å²) in [4.78, 5) is 14.8. The molecule has 1 aromatic rings. The molecule has 0 aromatic heterocycles. The third-order valence-corrected chi connectivity index (χ3v) is 4.53. The van der Waals surface area contributed by atoms with Crippen molar-refractivity contribution in [1.29, 1.82) is 0 Å². The Labute approximate surface area is 123 Å². The van der Waals surface area contributed by atoms with E-state index in [1.165, 1.54) is 37.7 Å². The van der Waals surface area contributed by atoms with Crippen molar-refractivity contribution in [3.05, 3.63) is 35.4 Å². The van der Waals surface area contributed by atoms with E-state index in [0.29, 0.717) is 12.6 Å². The second-order valence-electron chi connectivity index (χ2n) is 5.83. The Hall–Kier alpha value is -1.15. The summed E-state index contributed by atoms with van der Waals surface area (Å²) in [6.07, 6.45) is 7.55. The van der Waals surface area contributed by atoms with Gasteiger partial charge in [-0.3, -0.25) is 9.69 Å². The lowest BCUT2D eigenvalue weighted by Gasteiger charge is -2.33. The average molecular weight is 273 g/mol. The highest BCUT2D eigenvalue weighted by atomic mass is 16.1. The van der Waals surface area contributed by atoms with Crippen molar-refractivity contribution >= 4 is 5.78 Å². The molecule has 1 aliphatic carbocycles.